The average molecular weight is 394 g/mol. The van der Waals surface area contributed by atoms with Crippen LogP contribution >= 0.6 is 0 Å². The summed E-state index contributed by atoms with van der Waals surface area (Å²) >= 11 is 0. The molecule has 27 heavy (non-hydrogen) atoms. The molecule has 0 aromatic heterocycles. The molecule has 2 aliphatic rings. The second-order valence-electron chi connectivity index (χ2n) is 7.45. The molecule has 2 atom stereocenters. The molecule has 3 rings (SSSR count). The first-order valence-corrected chi connectivity index (χ1v) is 11.3. The van der Waals surface area contributed by atoms with Crippen LogP contribution in [-0.2, 0) is 14.6 Å². The number of sulfone groups is 1. The van der Waals surface area contributed by atoms with Crippen molar-refractivity contribution in [3.05, 3.63) is 29.8 Å². The number of amides is 2. The highest BCUT2D eigenvalue weighted by Gasteiger charge is 2.27. The van der Waals surface area contributed by atoms with Crippen molar-refractivity contribution in [2.75, 3.05) is 32.4 Å². The predicted molar refractivity (Wildman–Crippen MR) is 102 cm³/mol. The van der Waals surface area contributed by atoms with Crippen LogP contribution in [0.2, 0.25) is 0 Å². The molecule has 148 valence electrons. The van der Waals surface area contributed by atoms with E-state index in [-0.39, 0.29) is 28.7 Å². The van der Waals surface area contributed by atoms with Crippen molar-refractivity contribution in [2.24, 2.45) is 5.92 Å². The fourth-order valence-corrected chi connectivity index (χ4v) is 4.35. The summed E-state index contributed by atoms with van der Waals surface area (Å²) in [5.41, 5.74) is 0.488. The Morgan fingerprint density at radius 2 is 1.93 bits per heavy atom. The number of nitrogens with one attached hydrogen (secondary N) is 2. The summed E-state index contributed by atoms with van der Waals surface area (Å²) in [5.74, 6) is 0.194. The van der Waals surface area contributed by atoms with E-state index in [1.807, 2.05) is 0 Å². The van der Waals surface area contributed by atoms with Crippen molar-refractivity contribution in [3.63, 3.8) is 0 Å². The Morgan fingerprint density at radius 3 is 2.56 bits per heavy atom. The van der Waals surface area contributed by atoms with Gasteiger partial charge in [0.1, 0.15) is 0 Å². The van der Waals surface area contributed by atoms with Crippen molar-refractivity contribution in [3.8, 4) is 0 Å². The number of piperidine rings is 1. The van der Waals surface area contributed by atoms with Gasteiger partial charge >= 0.3 is 0 Å². The van der Waals surface area contributed by atoms with Crippen molar-refractivity contribution >= 4 is 21.7 Å². The molecule has 2 amide bonds. The van der Waals surface area contributed by atoms with E-state index in [0.717, 1.165) is 38.5 Å². The first-order valence-electron chi connectivity index (χ1n) is 9.45. The molecule has 1 aromatic carbocycles. The summed E-state index contributed by atoms with van der Waals surface area (Å²) in [4.78, 5) is 26.9. The molecule has 0 aliphatic carbocycles. The monoisotopic (exact) mass is 393 g/mol. The molecule has 0 radical (unpaired) electrons. The minimum atomic E-state index is -3.27. The van der Waals surface area contributed by atoms with Gasteiger partial charge in [0.2, 0.25) is 5.91 Å². The number of rotatable bonds is 5. The molecule has 0 spiro atoms. The molecular formula is C19H27N3O4S. The van der Waals surface area contributed by atoms with Gasteiger partial charge in [0.05, 0.1) is 10.9 Å². The van der Waals surface area contributed by atoms with Gasteiger partial charge in [0.25, 0.3) is 5.91 Å². The highest BCUT2D eigenvalue weighted by molar-refractivity contribution is 7.90. The molecule has 1 aromatic rings. The molecule has 8 heteroatoms. The maximum atomic E-state index is 12.7. The zero-order valence-corrected chi connectivity index (χ0v) is 16.4. The Hall–Kier alpha value is -1.93. The third kappa shape index (κ3) is 5.07. The molecule has 2 heterocycles. The molecule has 2 saturated heterocycles. The molecule has 0 bridgehead atoms. The first kappa shape index (κ1) is 19.8. The van der Waals surface area contributed by atoms with E-state index in [1.54, 1.807) is 17.0 Å². The Labute approximate surface area is 160 Å². The number of carbonyl (C=O) groups is 2. The van der Waals surface area contributed by atoms with Crippen LogP contribution in [0.1, 0.15) is 36.0 Å². The zero-order valence-electron chi connectivity index (χ0n) is 15.6. The van der Waals surface area contributed by atoms with Gasteiger partial charge in [0.15, 0.2) is 9.84 Å². The van der Waals surface area contributed by atoms with Gasteiger partial charge in [-0.05, 0) is 62.4 Å². The van der Waals surface area contributed by atoms with Crippen molar-refractivity contribution in [1.29, 1.82) is 0 Å². The van der Waals surface area contributed by atoms with Crippen molar-refractivity contribution < 1.29 is 18.0 Å². The van der Waals surface area contributed by atoms with Gasteiger partial charge in [-0.3, -0.25) is 9.59 Å². The number of hydrogen-bond acceptors (Lipinski definition) is 5. The van der Waals surface area contributed by atoms with Gasteiger partial charge in [-0.2, -0.15) is 0 Å². The topological polar surface area (TPSA) is 95.6 Å². The molecule has 2 N–H and O–H groups in total. The smallest absolute Gasteiger partial charge is 0.253 e. The molecule has 2 unspecified atom stereocenters. The number of likely N-dealkylation sites (tertiary alicyclic amines) is 1. The second kappa shape index (κ2) is 8.39. The van der Waals surface area contributed by atoms with Gasteiger partial charge in [-0.15, -0.1) is 0 Å². The lowest BCUT2D eigenvalue weighted by atomic mass is 9.97. The first-order chi connectivity index (χ1) is 12.8. The SMILES string of the molecule is CS(=O)(=O)c1ccc(C(=O)N2CCCC(CNC(=O)C3CCCN3)C2)cc1. The van der Waals surface area contributed by atoms with Crippen LogP contribution < -0.4 is 10.6 Å². The Balaban J connectivity index is 1.55. The number of hydrogen-bond donors (Lipinski definition) is 2. The molecule has 7 nitrogen and oxygen atoms in total. The van der Waals surface area contributed by atoms with E-state index in [0.29, 0.717) is 25.2 Å². The Bertz CT molecular complexity index is 786. The molecule has 0 saturated carbocycles. The quantitative estimate of drug-likeness (QED) is 0.772. The Kier molecular flexibility index (Phi) is 6.16. The van der Waals surface area contributed by atoms with E-state index in [1.165, 1.54) is 12.1 Å². The second-order valence-corrected chi connectivity index (χ2v) is 9.47. The van der Waals surface area contributed by atoms with Crippen LogP contribution in [0.5, 0.6) is 0 Å². The standard InChI is InChI=1S/C19H27N3O4S/c1-27(25,26)16-8-6-15(7-9-16)19(24)22-11-3-4-14(13-22)12-21-18(23)17-5-2-10-20-17/h6-9,14,17,20H,2-5,10-13H2,1H3,(H,21,23). The van der Waals surface area contributed by atoms with Crippen LogP contribution in [0.25, 0.3) is 0 Å². The van der Waals surface area contributed by atoms with Crippen LogP contribution in [0.3, 0.4) is 0 Å². The van der Waals surface area contributed by atoms with Crippen molar-refractivity contribution in [1.82, 2.24) is 15.5 Å². The van der Waals surface area contributed by atoms with Crippen molar-refractivity contribution in [2.45, 2.75) is 36.6 Å². The largest absolute Gasteiger partial charge is 0.354 e. The zero-order chi connectivity index (χ0) is 19.4. The van der Waals surface area contributed by atoms with Gasteiger partial charge in [-0.1, -0.05) is 0 Å². The summed E-state index contributed by atoms with van der Waals surface area (Å²) in [5, 5.41) is 6.20. The predicted octanol–water partition coefficient (Wildman–Crippen LogP) is 0.811. The van der Waals surface area contributed by atoms with Crippen LogP contribution in [-0.4, -0.2) is 63.6 Å². The van der Waals surface area contributed by atoms with Crippen LogP contribution in [0.4, 0.5) is 0 Å². The van der Waals surface area contributed by atoms with Gasteiger partial charge < -0.3 is 15.5 Å². The maximum Gasteiger partial charge on any atom is 0.253 e. The summed E-state index contributed by atoms with van der Waals surface area (Å²) in [6.45, 7) is 2.75. The lowest BCUT2D eigenvalue weighted by Crippen LogP contribution is -2.46. The minimum Gasteiger partial charge on any atom is -0.354 e. The van der Waals surface area contributed by atoms with Gasteiger partial charge in [-0.25, -0.2) is 8.42 Å². The fraction of sp³-hybridized carbons (Fsp3) is 0.579. The Morgan fingerprint density at radius 1 is 1.19 bits per heavy atom. The van der Waals surface area contributed by atoms with Crippen LogP contribution in [0.15, 0.2) is 29.2 Å². The molecule has 2 fully saturated rings. The third-order valence-corrected chi connectivity index (χ3v) is 6.41. The highest BCUT2D eigenvalue weighted by Crippen LogP contribution is 2.19. The molecular weight excluding hydrogens is 366 g/mol. The van der Waals surface area contributed by atoms with E-state index < -0.39 is 9.84 Å². The van der Waals surface area contributed by atoms with E-state index in [4.69, 9.17) is 0 Å². The fourth-order valence-electron chi connectivity index (χ4n) is 3.72. The summed E-state index contributed by atoms with van der Waals surface area (Å²) in [6, 6.07) is 5.99. The minimum absolute atomic E-state index is 0.0484. The van der Waals surface area contributed by atoms with E-state index >= 15 is 0 Å². The molecule has 2 aliphatic heterocycles. The van der Waals surface area contributed by atoms with Gasteiger partial charge in [0, 0.05) is 31.5 Å². The van der Waals surface area contributed by atoms with E-state index in [2.05, 4.69) is 10.6 Å². The summed E-state index contributed by atoms with van der Waals surface area (Å²) in [6.07, 6.45) is 4.94. The third-order valence-electron chi connectivity index (χ3n) is 5.28. The normalized spacial score (nSPS) is 23.2. The average Bonchev–Trinajstić information content (AvgIpc) is 3.20. The summed E-state index contributed by atoms with van der Waals surface area (Å²) < 4.78 is 23.1. The highest BCUT2D eigenvalue weighted by atomic mass is 32.2. The number of carbonyl (C=O) groups excluding carboxylic acids is 2. The lowest BCUT2D eigenvalue weighted by Gasteiger charge is -2.33. The van der Waals surface area contributed by atoms with Crippen LogP contribution in [0, 0.1) is 5.92 Å². The maximum absolute atomic E-state index is 12.7. The number of nitrogens with zero attached hydrogens (tertiary/aromatic N) is 1. The number of benzene rings is 1. The summed E-state index contributed by atoms with van der Waals surface area (Å²) in [7, 11) is -3.27. The lowest BCUT2D eigenvalue weighted by molar-refractivity contribution is -0.123. The van der Waals surface area contributed by atoms with E-state index in [9.17, 15) is 18.0 Å².